The summed E-state index contributed by atoms with van der Waals surface area (Å²) in [5.74, 6) is -0.262. The average molecular weight is 551 g/mol. The summed E-state index contributed by atoms with van der Waals surface area (Å²) in [6, 6.07) is 9.85. The van der Waals surface area contributed by atoms with Crippen molar-refractivity contribution < 1.29 is 47.4 Å². The van der Waals surface area contributed by atoms with Gasteiger partial charge >= 0.3 is 17.7 Å². The lowest BCUT2D eigenvalue weighted by Crippen LogP contribution is -2.30. The Labute approximate surface area is 225 Å². The van der Waals surface area contributed by atoms with Gasteiger partial charge in [-0.2, -0.15) is 0 Å². The molecule has 3 aromatic rings. The molecule has 0 aliphatic carbocycles. The Kier molecular flexibility index (Phi) is 6.97. The number of esters is 1. The summed E-state index contributed by atoms with van der Waals surface area (Å²) in [5, 5.41) is 14.3. The van der Waals surface area contributed by atoms with Crippen LogP contribution in [-0.4, -0.2) is 48.7 Å². The molecule has 5 rings (SSSR count). The molecule has 0 atom stereocenters. The van der Waals surface area contributed by atoms with Crippen LogP contribution < -0.4 is 24.3 Å². The normalized spacial score (nSPS) is 14.8. The highest BCUT2D eigenvalue weighted by atomic mass is 16.7. The van der Waals surface area contributed by atoms with E-state index in [-0.39, 0.29) is 54.2 Å². The molecule has 1 N–H and O–H groups in total. The molecule has 0 radical (unpaired) electrons. The summed E-state index contributed by atoms with van der Waals surface area (Å²) in [4.78, 5) is 49.1. The summed E-state index contributed by atoms with van der Waals surface area (Å²) in [6.45, 7) is -0.173. The van der Waals surface area contributed by atoms with Gasteiger partial charge in [0.15, 0.2) is 17.2 Å². The zero-order valence-electron chi connectivity index (χ0n) is 21.1. The molecule has 0 saturated carbocycles. The van der Waals surface area contributed by atoms with Crippen LogP contribution in [0.15, 0.2) is 52.6 Å². The highest BCUT2D eigenvalue weighted by Gasteiger charge is 2.35. The van der Waals surface area contributed by atoms with Crippen LogP contribution >= 0.6 is 0 Å². The first-order valence-corrected chi connectivity index (χ1v) is 11.7. The maximum atomic E-state index is 12.9. The van der Waals surface area contributed by atoms with Crippen molar-refractivity contribution in [2.24, 2.45) is 0 Å². The zero-order valence-corrected chi connectivity index (χ0v) is 21.1. The maximum absolute atomic E-state index is 12.9. The number of nitrogens with zero attached hydrogens (tertiary/aromatic N) is 2. The standard InChI is InChI=1S/C26H21N3O11/c1-35-22-10-15(7-17-24(30)28(26(32)27-17)11-16-4-6-20(40-16)25(31)36-2)8-18(29(33)34)23(22)37-12-14-3-5-19-21(9-14)39-13-38-19/h3-10H,11-13H2,1-2H3,(H,27,32)/b17-7-. The first-order valence-electron chi connectivity index (χ1n) is 11.7. The van der Waals surface area contributed by atoms with Crippen LogP contribution in [0.1, 0.15) is 27.4 Å². The van der Waals surface area contributed by atoms with Crippen LogP contribution in [-0.2, 0) is 22.7 Å². The van der Waals surface area contributed by atoms with E-state index in [1.807, 2.05) is 0 Å². The molecule has 2 aliphatic heterocycles. The van der Waals surface area contributed by atoms with E-state index in [2.05, 4.69) is 10.1 Å². The van der Waals surface area contributed by atoms with Gasteiger partial charge in [0.05, 0.1) is 25.7 Å². The molecule has 14 heteroatoms. The number of nitro benzene ring substituents is 1. The van der Waals surface area contributed by atoms with Crippen molar-refractivity contribution in [1.82, 2.24) is 10.2 Å². The molecule has 40 heavy (non-hydrogen) atoms. The quantitative estimate of drug-likeness (QED) is 0.136. The molecule has 0 spiro atoms. The SMILES string of the molecule is COC(=O)c1ccc(CN2C(=O)N/C(=C\c3cc(OC)c(OCc4ccc5c(c4)OCO5)c([N+](=O)[O-])c3)C2=O)o1. The Morgan fingerprint density at radius 3 is 2.67 bits per heavy atom. The number of benzene rings is 2. The van der Waals surface area contributed by atoms with Crippen molar-refractivity contribution >= 4 is 29.7 Å². The van der Waals surface area contributed by atoms with Crippen LogP contribution in [0.4, 0.5) is 10.5 Å². The Balaban J connectivity index is 1.36. The molecule has 1 fully saturated rings. The van der Waals surface area contributed by atoms with Crippen molar-refractivity contribution in [3.63, 3.8) is 0 Å². The Morgan fingerprint density at radius 1 is 1.12 bits per heavy atom. The van der Waals surface area contributed by atoms with Gasteiger partial charge in [0.1, 0.15) is 18.1 Å². The van der Waals surface area contributed by atoms with E-state index in [1.165, 1.54) is 44.6 Å². The molecule has 3 heterocycles. The summed E-state index contributed by atoms with van der Waals surface area (Å²) in [7, 11) is 2.51. The van der Waals surface area contributed by atoms with Crippen LogP contribution in [0, 0.1) is 10.1 Å². The lowest BCUT2D eigenvalue weighted by Gasteiger charge is -2.12. The van der Waals surface area contributed by atoms with Gasteiger partial charge < -0.3 is 33.4 Å². The van der Waals surface area contributed by atoms with Crippen LogP contribution in [0.2, 0.25) is 0 Å². The number of fused-ring (bicyclic) bond motifs is 1. The van der Waals surface area contributed by atoms with Crippen molar-refractivity contribution in [3.8, 4) is 23.0 Å². The number of carbonyl (C=O) groups is 3. The minimum absolute atomic E-state index is 0.0255. The summed E-state index contributed by atoms with van der Waals surface area (Å²) in [5.41, 5.74) is 0.346. The van der Waals surface area contributed by atoms with Gasteiger partial charge in [-0.1, -0.05) is 6.07 Å². The fourth-order valence-corrected chi connectivity index (χ4v) is 4.02. The lowest BCUT2D eigenvalue weighted by molar-refractivity contribution is -0.386. The van der Waals surface area contributed by atoms with E-state index in [0.717, 1.165) is 4.90 Å². The predicted octanol–water partition coefficient (Wildman–Crippen LogP) is 3.38. The number of furan rings is 1. The second kappa shape index (κ2) is 10.7. The van der Waals surface area contributed by atoms with E-state index >= 15 is 0 Å². The molecule has 2 aromatic carbocycles. The Bertz CT molecular complexity index is 1560. The molecule has 14 nitrogen and oxygen atoms in total. The molecule has 2 aliphatic rings. The fraction of sp³-hybridized carbons (Fsp3) is 0.192. The van der Waals surface area contributed by atoms with E-state index in [4.69, 9.17) is 23.4 Å². The van der Waals surface area contributed by atoms with Gasteiger partial charge in [0.2, 0.25) is 18.3 Å². The fourth-order valence-electron chi connectivity index (χ4n) is 4.02. The highest BCUT2D eigenvalue weighted by molar-refractivity contribution is 6.13. The summed E-state index contributed by atoms with van der Waals surface area (Å²) < 4.78 is 31.6. The van der Waals surface area contributed by atoms with Gasteiger partial charge in [-0.15, -0.1) is 0 Å². The number of hydrogen-bond donors (Lipinski definition) is 1. The van der Waals surface area contributed by atoms with Gasteiger partial charge in [-0.3, -0.25) is 19.8 Å². The predicted molar refractivity (Wildman–Crippen MR) is 134 cm³/mol. The van der Waals surface area contributed by atoms with Crippen molar-refractivity contribution in [1.29, 1.82) is 0 Å². The minimum Gasteiger partial charge on any atom is -0.493 e. The number of ether oxygens (including phenoxy) is 5. The molecule has 3 amide bonds. The Morgan fingerprint density at radius 2 is 1.93 bits per heavy atom. The highest BCUT2D eigenvalue weighted by Crippen LogP contribution is 2.40. The van der Waals surface area contributed by atoms with Crippen molar-refractivity contribution in [2.45, 2.75) is 13.2 Å². The number of amides is 3. The first-order chi connectivity index (χ1) is 19.3. The number of imide groups is 1. The monoisotopic (exact) mass is 551 g/mol. The smallest absolute Gasteiger partial charge is 0.373 e. The third-order valence-electron chi connectivity index (χ3n) is 5.93. The lowest BCUT2D eigenvalue weighted by atomic mass is 10.1. The summed E-state index contributed by atoms with van der Waals surface area (Å²) in [6.07, 6.45) is 1.28. The average Bonchev–Trinajstić information content (AvgIpc) is 3.67. The molecular formula is C26H21N3O11. The number of urea groups is 1. The van der Waals surface area contributed by atoms with Gasteiger partial charge in [0, 0.05) is 6.07 Å². The van der Waals surface area contributed by atoms with Gasteiger partial charge in [-0.25, -0.2) is 9.59 Å². The van der Waals surface area contributed by atoms with Crippen LogP contribution in [0.25, 0.3) is 6.08 Å². The summed E-state index contributed by atoms with van der Waals surface area (Å²) >= 11 is 0. The number of nitrogens with one attached hydrogen (secondary N) is 1. The Hall–Kier alpha value is -5.53. The molecule has 1 saturated heterocycles. The number of hydrogen-bond acceptors (Lipinski definition) is 11. The van der Waals surface area contributed by atoms with Crippen LogP contribution in [0.5, 0.6) is 23.0 Å². The second-order valence-corrected chi connectivity index (χ2v) is 8.44. The number of nitro groups is 1. The third kappa shape index (κ3) is 5.09. The van der Waals surface area contributed by atoms with Gasteiger partial charge in [-0.05, 0) is 47.5 Å². The number of methoxy groups -OCH3 is 2. The van der Waals surface area contributed by atoms with E-state index in [1.54, 1.807) is 18.2 Å². The van der Waals surface area contributed by atoms with Gasteiger partial charge in [0.25, 0.3) is 5.91 Å². The molecule has 0 bridgehead atoms. The largest absolute Gasteiger partial charge is 0.493 e. The third-order valence-corrected chi connectivity index (χ3v) is 5.93. The van der Waals surface area contributed by atoms with Crippen molar-refractivity contribution in [2.75, 3.05) is 21.0 Å². The minimum atomic E-state index is -0.739. The molecule has 206 valence electrons. The molecule has 0 unspecified atom stereocenters. The van der Waals surface area contributed by atoms with E-state index in [9.17, 15) is 24.5 Å². The maximum Gasteiger partial charge on any atom is 0.373 e. The second-order valence-electron chi connectivity index (χ2n) is 8.44. The molecule has 1 aromatic heterocycles. The number of rotatable bonds is 9. The number of carbonyl (C=O) groups excluding carboxylic acids is 3. The topological polar surface area (TPSA) is 169 Å². The van der Waals surface area contributed by atoms with Crippen molar-refractivity contribution in [3.05, 3.63) is 80.9 Å². The van der Waals surface area contributed by atoms with Crippen LogP contribution in [0.3, 0.4) is 0 Å². The first kappa shape index (κ1) is 26.1. The zero-order chi connectivity index (χ0) is 28.4. The van der Waals surface area contributed by atoms with E-state index < -0.39 is 28.5 Å². The molecular weight excluding hydrogens is 530 g/mol. The van der Waals surface area contributed by atoms with E-state index in [0.29, 0.717) is 17.1 Å².